The van der Waals surface area contributed by atoms with E-state index in [2.05, 4.69) is 6.92 Å². The molecule has 0 unspecified atom stereocenters. The minimum atomic E-state index is 0.193. The number of ketones is 1. The molecule has 0 N–H and O–H groups in total. The number of aryl methyl sites for hydroxylation is 1. The summed E-state index contributed by atoms with van der Waals surface area (Å²) in [4.78, 5) is 12.6. The first-order valence-corrected chi connectivity index (χ1v) is 7.34. The van der Waals surface area contributed by atoms with Crippen molar-refractivity contribution >= 4 is 5.78 Å². The van der Waals surface area contributed by atoms with Gasteiger partial charge in [-0.2, -0.15) is 0 Å². The molecule has 2 nitrogen and oxygen atoms in total. The van der Waals surface area contributed by atoms with Gasteiger partial charge in [-0.3, -0.25) is 4.79 Å². The number of benzene rings is 1. The highest BCUT2D eigenvalue weighted by Gasteiger charge is 2.27. The van der Waals surface area contributed by atoms with E-state index >= 15 is 0 Å². The molecule has 0 amide bonds. The molecule has 1 aliphatic rings. The quantitative estimate of drug-likeness (QED) is 0.750. The molecule has 1 aliphatic carbocycles. The third-order valence-corrected chi connectivity index (χ3v) is 4.42. The second kappa shape index (κ2) is 6.23. The van der Waals surface area contributed by atoms with Gasteiger partial charge in [0.15, 0.2) is 5.78 Å². The highest BCUT2D eigenvalue weighted by molar-refractivity contribution is 6.00. The first-order valence-electron chi connectivity index (χ1n) is 7.34. The van der Waals surface area contributed by atoms with Gasteiger partial charge in [0.05, 0.1) is 12.7 Å². The van der Waals surface area contributed by atoms with Crippen molar-refractivity contribution in [1.82, 2.24) is 0 Å². The topological polar surface area (TPSA) is 26.3 Å². The number of hydrogen-bond acceptors (Lipinski definition) is 2. The fourth-order valence-electron chi connectivity index (χ4n) is 3.07. The second-order valence-corrected chi connectivity index (χ2v) is 5.69. The summed E-state index contributed by atoms with van der Waals surface area (Å²) in [5.74, 6) is 2.00. The van der Waals surface area contributed by atoms with Crippen LogP contribution in [0.2, 0.25) is 0 Å². The van der Waals surface area contributed by atoms with Crippen molar-refractivity contribution in [3.8, 4) is 5.75 Å². The van der Waals surface area contributed by atoms with Crippen LogP contribution in [0.3, 0.4) is 0 Å². The summed E-state index contributed by atoms with van der Waals surface area (Å²) >= 11 is 0. The molecule has 1 aromatic rings. The molecular weight excluding hydrogens is 236 g/mol. The van der Waals surface area contributed by atoms with Crippen LogP contribution in [-0.2, 0) is 0 Å². The Balaban J connectivity index is 2.14. The van der Waals surface area contributed by atoms with Crippen molar-refractivity contribution in [2.45, 2.75) is 46.0 Å². The molecule has 104 valence electrons. The summed E-state index contributed by atoms with van der Waals surface area (Å²) in [6.45, 7) is 4.26. The van der Waals surface area contributed by atoms with Crippen LogP contribution in [0, 0.1) is 18.8 Å². The Hall–Kier alpha value is -1.31. The normalized spacial score (nSPS) is 23.1. The summed E-state index contributed by atoms with van der Waals surface area (Å²) < 4.78 is 5.33. The second-order valence-electron chi connectivity index (χ2n) is 5.69. The van der Waals surface area contributed by atoms with Gasteiger partial charge in [-0.15, -0.1) is 0 Å². The van der Waals surface area contributed by atoms with E-state index in [1.165, 1.54) is 19.3 Å². The molecule has 0 aliphatic heterocycles. The van der Waals surface area contributed by atoms with E-state index in [4.69, 9.17) is 4.74 Å². The van der Waals surface area contributed by atoms with Crippen LogP contribution in [0.25, 0.3) is 0 Å². The Morgan fingerprint density at radius 2 is 1.95 bits per heavy atom. The van der Waals surface area contributed by atoms with Gasteiger partial charge < -0.3 is 4.74 Å². The van der Waals surface area contributed by atoms with Crippen LogP contribution in [0.5, 0.6) is 5.75 Å². The lowest BCUT2D eigenvalue weighted by Gasteiger charge is -2.27. The molecule has 0 saturated heterocycles. The molecule has 2 rings (SSSR count). The largest absolute Gasteiger partial charge is 0.496 e. The van der Waals surface area contributed by atoms with Crippen molar-refractivity contribution in [2.75, 3.05) is 7.11 Å². The van der Waals surface area contributed by atoms with Crippen LogP contribution in [0.1, 0.15) is 54.9 Å². The van der Waals surface area contributed by atoms with Crippen LogP contribution in [0.4, 0.5) is 0 Å². The van der Waals surface area contributed by atoms with Gasteiger partial charge in [-0.1, -0.05) is 25.0 Å². The summed E-state index contributed by atoms with van der Waals surface area (Å²) in [5.41, 5.74) is 1.88. The fraction of sp³-hybridized carbons (Fsp3) is 0.588. The first kappa shape index (κ1) is 14.1. The minimum absolute atomic E-state index is 0.193. The smallest absolute Gasteiger partial charge is 0.169 e. The van der Waals surface area contributed by atoms with Crippen molar-refractivity contribution in [3.05, 3.63) is 29.3 Å². The summed E-state index contributed by atoms with van der Waals surface area (Å²) in [6.07, 6.45) is 5.71. The first-order chi connectivity index (χ1) is 9.15. The Bertz CT molecular complexity index is 443. The SMILES string of the molecule is CCC1CCC(C(=O)c2cc(C)ccc2OC)CC1. The van der Waals surface area contributed by atoms with Crippen molar-refractivity contribution in [2.24, 2.45) is 11.8 Å². The lowest BCUT2D eigenvalue weighted by Crippen LogP contribution is -2.22. The zero-order valence-electron chi connectivity index (χ0n) is 12.2. The van der Waals surface area contributed by atoms with Gasteiger partial charge in [-0.25, -0.2) is 0 Å². The number of carbonyl (C=O) groups excluding carboxylic acids is 1. The van der Waals surface area contributed by atoms with Crippen LogP contribution >= 0.6 is 0 Å². The molecule has 0 heterocycles. The monoisotopic (exact) mass is 260 g/mol. The zero-order chi connectivity index (χ0) is 13.8. The third kappa shape index (κ3) is 3.17. The number of ether oxygens (including phenoxy) is 1. The lowest BCUT2D eigenvalue weighted by molar-refractivity contribution is 0.0868. The van der Waals surface area contributed by atoms with E-state index in [-0.39, 0.29) is 11.7 Å². The Labute approximate surface area is 116 Å². The van der Waals surface area contributed by atoms with Crippen molar-refractivity contribution in [1.29, 1.82) is 0 Å². The fourth-order valence-corrected chi connectivity index (χ4v) is 3.07. The van der Waals surface area contributed by atoms with E-state index in [9.17, 15) is 4.79 Å². The van der Waals surface area contributed by atoms with Crippen LogP contribution in [-0.4, -0.2) is 12.9 Å². The zero-order valence-corrected chi connectivity index (χ0v) is 12.2. The van der Waals surface area contributed by atoms with Crippen LogP contribution < -0.4 is 4.74 Å². The number of methoxy groups -OCH3 is 1. The third-order valence-electron chi connectivity index (χ3n) is 4.42. The highest BCUT2D eigenvalue weighted by atomic mass is 16.5. The Kier molecular flexibility index (Phi) is 4.62. The van der Waals surface area contributed by atoms with E-state index in [0.29, 0.717) is 5.75 Å². The molecule has 1 saturated carbocycles. The van der Waals surface area contributed by atoms with Crippen molar-refractivity contribution in [3.63, 3.8) is 0 Å². The minimum Gasteiger partial charge on any atom is -0.496 e. The maximum absolute atomic E-state index is 12.6. The summed E-state index contributed by atoms with van der Waals surface area (Å²) in [7, 11) is 1.63. The van der Waals surface area contributed by atoms with E-state index in [1.54, 1.807) is 7.11 Å². The average molecular weight is 260 g/mol. The lowest BCUT2D eigenvalue weighted by atomic mass is 9.77. The summed E-state index contributed by atoms with van der Waals surface area (Å²) in [6, 6.07) is 5.86. The molecular formula is C17H24O2. The van der Waals surface area contributed by atoms with Crippen molar-refractivity contribution < 1.29 is 9.53 Å². The Morgan fingerprint density at radius 1 is 1.26 bits per heavy atom. The number of rotatable bonds is 4. The molecule has 0 bridgehead atoms. The van der Waals surface area contributed by atoms with E-state index in [0.717, 1.165) is 29.9 Å². The molecule has 0 radical (unpaired) electrons. The summed E-state index contributed by atoms with van der Waals surface area (Å²) in [5, 5.41) is 0. The molecule has 0 atom stereocenters. The maximum atomic E-state index is 12.6. The average Bonchev–Trinajstić information content (AvgIpc) is 2.46. The number of carbonyl (C=O) groups is 1. The molecule has 0 spiro atoms. The maximum Gasteiger partial charge on any atom is 0.169 e. The molecule has 1 aromatic carbocycles. The molecule has 0 aromatic heterocycles. The molecule has 2 heteroatoms. The standard InChI is InChI=1S/C17H24O2/c1-4-13-6-8-14(9-7-13)17(18)15-11-12(2)5-10-16(15)19-3/h5,10-11,13-14H,4,6-9H2,1-3H3. The van der Waals surface area contributed by atoms with Gasteiger partial charge in [0.25, 0.3) is 0 Å². The van der Waals surface area contributed by atoms with Gasteiger partial charge in [-0.05, 0) is 50.7 Å². The Morgan fingerprint density at radius 3 is 2.53 bits per heavy atom. The van der Waals surface area contributed by atoms with Gasteiger partial charge in [0.1, 0.15) is 5.75 Å². The van der Waals surface area contributed by atoms with Crippen LogP contribution in [0.15, 0.2) is 18.2 Å². The predicted octanol–water partition coefficient (Wildman–Crippen LogP) is 4.40. The predicted molar refractivity (Wildman–Crippen MR) is 77.8 cm³/mol. The molecule has 19 heavy (non-hydrogen) atoms. The molecule has 1 fully saturated rings. The number of Topliss-reactive ketones (excluding diaryl/α,β-unsaturated/α-hetero) is 1. The van der Waals surface area contributed by atoms with Gasteiger partial charge >= 0.3 is 0 Å². The van der Waals surface area contributed by atoms with E-state index < -0.39 is 0 Å². The highest BCUT2D eigenvalue weighted by Crippen LogP contribution is 2.34. The van der Waals surface area contributed by atoms with Gasteiger partial charge in [0.2, 0.25) is 0 Å². The van der Waals surface area contributed by atoms with Gasteiger partial charge in [0, 0.05) is 5.92 Å². The number of hydrogen-bond donors (Lipinski definition) is 0. The van der Waals surface area contributed by atoms with E-state index in [1.807, 2.05) is 25.1 Å².